The molecule has 0 saturated heterocycles. The second-order valence-corrected chi connectivity index (χ2v) is 3.76. The lowest BCUT2D eigenvalue weighted by molar-refractivity contribution is 0.0952. The van der Waals surface area contributed by atoms with Crippen LogP contribution in [0.15, 0.2) is 6.20 Å². The number of carbonyl (C=O) groups is 1. The fourth-order valence-electron chi connectivity index (χ4n) is 1.97. The molecule has 2 rings (SSSR count). The number of carbonyl (C=O) groups excluding carboxylic acids is 1. The van der Waals surface area contributed by atoms with Gasteiger partial charge in [-0.15, -0.1) is 0 Å². The van der Waals surface area contributed by atoms with Crippen molar-refractivity contribution in [2.24, 2.45) is 5.92 Å². The Morgan fingerprint density at radius 1 is 1.50 bits per heavy atom. The van der Waals surface area contributed by atoms with Crippen molar-refractivity contribution in [3.63, 3.8) is 0 Å². The van der Waals surface area contributed by atoms with Crippen molar-refractivity contribution in [2.75, 3.05) is 0 Å². The molecule has 1 atom stereocenters. The molecular weight excluding hydrogens is 150 g/mol. The minimum Gasteiger partial charge on any atom is -0.364 e. The molecule has 0 spiro atoms. The number of hydrogen-bond donors (Lipinski definition) is 1. The van der Waals surface area contributed by atoms with Crippen molar-refractivity contribution in [2.45, 2.75) is 26.7 Å². The number of H-pyrrole nitrogens is 1. The normalized spacial score (nSPS) is 22.5. The average Bonchev–Trinajstić information content (AvgIpc) is 2.31. The smallest absolute Gasteiger partial charge is 0.165 e. The molecule has 1 unspecified atom stereocenters. The van der Waals surface area contributed by atoms with E-state index < -0.39 is 0 Å². The number of aromatic amines is 1. The molecule has 1 heterocycles. The monoisotopic (exact) mass is 163 g/mol. The van der Waals surface area contributed by atoms with Crippen LogP contribution in [0, 0.1) is 12.8 Å². The standard InChI is InChI=1S/C10H13NO/c1-6-3-8-10(9(12)4-6)7(2)5-11-8/h5-6,11H,3-4H2,1-2H3. The summed E-state index contributed by atoms with van der Waals surface area (Å²) < 4.78 is 0. The van der Waals surface area contributed by atoms with E-state index in [9.17, 15) is 4.79 Å². The summed E-state index contributed by atoms with van der Waals surface area (Å²) in [6.45, 7) is 4.11. The van der Waals surface area contributed by atoms with Gasteiger partial charge in [0, 0.05) is 23.9 Å². The quantitative estimate of drug-likeness (QED) is 0.624. The van der Waals surface area contributed by atoms with Crippen molar-refractivity contribution in [1.82, 2.24) is 4.98 Å². The number of nitrogens with one attached hydrogen (secondary N) is 1. The van der Waals surface area contributed by atoms with Crippen LogP contribution in [0.5, 0.6) is 0 Å². The van der Waals surface area contributed by atoms with Crippen molar-refractivity contribution in [3.8, 4) is 0 Å². The van der Waals surface area contributed by atoms with Crippen molar-refractivity contribution in [1.29, 1.82) is 0 Å². The highest BCUT2D eigenvalue weighted by atomic mass is 16.1. The van der Waals surface area contributed by atoms with Crippen LogP contribution in [0.2, 0.25) is 0 Å². The van der Waals surface area contributed by atoms with E-state index in [0.29, 0.717) is 18.1 Å². The van der Waals surface area contributed by atoms with Crippen LogP contribution in [0.1, 0.15) is 35.0 Å². The van der Waals surface area contributed by atoms with Gasteiger partial charge in [-0.3, -0.25) is 4.79 Å². The Morgan fingerprint density at radius 2 is 2.25 bits per heavy atom. The molecule has 0 radical (unpaired) electrons. The fourth-order valence-corrected chi connectivity index (χ4v) is 1.97. The van der Waals surface area contributed by atoms with Crippen LogP contribution in [0.25, 0.3) is 0 Å². The van der Waals surface area contributed by atoms with E-state index in [1.807, 2.05) is 13.1 Å². The molecule has 0 fully saturated rings. The average molecular weight is 163 g/mol. The van der Waals surface area contributed by atoms with E-state index in [-0.39, 0.29) is 0 Å². The van der Waals surface area contributed by atoms with Crippen LogP contribution in [0.3, 0.4) is 0 Å². The minimum atomic E-state index is 0.308. The van der Waals surface area contributed by atoms with Crippen molar-refractivity contribution in [3.05, 3.63) is 23.0 Å². The first kappa shape index (κ1) is 7.59. The lowest BCUT2D eigenvalue weighted by atomic mass is 9.87. The van der Waals surface area contributed by atoms with Gasteiger partial charge in [-0.05, 0) is 24.8 Å². The fraction of sp³-hybridized carbons (Fsp3) is 0.500. The van der Waals surface area contributed by atoms with Gasteiger partial charge in [0.25, 0.3) is 0 Å². The van der Waals surface area contributed by atoms with Gasteiger partial charge in [0.05, 0.1) is 0 Å². The Bertz CT molecular complexity index is 325. The summed E-state index contributed by atoms with van der Waals surface area (Å²) in [5.74, 6) is 0.811. The molecule has 2 heteroatoms. The van der Waals surface area contributed by atoms with Gasteiger partial charge in [-0.1, -0.05) is 6.92 Å². The summed E-state index contributed by atoms with van der Waals surface area (Å²) in [6, 6.07) is 0. The second kappa shape index (κ2) is 2.47. The highest BCUT2D eigenvalue weighted by molar-refractivity contribution is 5.99. The molecule has 2 nitrogen and oxygen atoms in total. The SMILES string of the molecule is Cc1c[nH]c2c1C(=O)CC(C)C2. The summed E-state index contributed by atoms with van der Waals surface area (Å²) in [7, 11) is 0. The minimum absolute atomic E-state index is 0.308. The number of rotatable bonds is 0. The van der Waals surface area contributed by atoms with Gasteiger partial charge in [0.1, 0.15) is 0 Å². The maximum absolute atomic E-state index is 11.6. The Hall–Kier alpha value is -1.05. The number of Topliss-reactive ketones (excluding diaryl/α,β-unsaturated/α-hetero) is 1. The predicted molar refractivity (Wildman–Crippen MR) is 47.3 cm³/mol. The first-order valence-electron chi connectivity index (χ1n) is 4.38. The summed E-state index contributed by atoms with van der Waals surface area (Å²) in [5, 5.41) is 0. The van der Waals surface area contributed by atoms with E-state index in [1.54, 1.807) is 0 Å². The number of aromatic nitrogens is 1. The number of ketones is 1. The van der Waals surface area contributed by atoms with Crippen LogP contribution in [0.4, 0.5) is 0 Å². The number of hydrogen-bond acceptors (Lipinski definition) is 1. The molecule has 64 valence electrons. The largest absolute Gasteiger partial charge is 0.364 e. The topological polar surface area (TPSA) is 32.9 Å². The van der Waals surface area contributed by atoms with Crippen molar-refractivity contribution < 1.29 is 4.79 Å². The molecule has 0 saturated carbocycles. The molecule has 1 aromatic heterocycles. The molecule has 1 N–H and O–H groups in total. The summed E-state index contributed by atoms with van der Waals surface area (Å²) in [4.78, 5) is 14.7. The summed E-state index contributed by atoms with van der Waals surface area (Å²) in [5.41, 5.74) is 3.19. The third-order valence-electron chi connectivity index (χ3n) is 2.52. The third-order valence-corrected chi connectivity index (χ3v) is 2.52. The zero-order chi connectivity index (χ0) is 8.72. The highest BCUT2D eigenvalue weighted by Gasteiger charge is 2.24. The van der Waals surface area contributed by atoms with Gasteiger partial charge in [0.2, 0.25) is 0 Å². The van der Waals surface area contributed by atoms with E-state index in [4.69, 9.17) is 0 Å². The van der Waals surface area contributed by atoms with Crippen LogP contribution in [-0.4, -0.2) is 10.8 Å². The molecule has 0 aliphatic heterocycles. The molecule has 1 aromatic rings. The maximum Gasteiger partial charge on any atom is 0.165 e. The van der Waals surface area contributed by atoms with Gasteiger partial charge >= 0.3 is 0 Å². The molecule has 1 aliphatic carbocycles. The van der Waals surface area contributed by atoms with Gasteiger partial charge in [-0.2, -0.15) is 0 Å². The van der Waals surface area contributed by atoms with Gasteiger partial charge < -0.3 is 4.98 Å². The van der Waals surface area contributed by atoms with E-state index in [2.05, 4.69) is 11.9 Å². The molecular formula is C10H13NO. The Labute approximate surface area is 72.0 Å². The predicted octanol–water partition coefficient (Wildman–Crippen LogP) is 2.09. The van der Waals surface area contributed by atoms with Crippen LogP contribution >= 0.6 is 0 Å². The molecule has 0 bridgehead atoms. The number of fused-ring (bicyclic) bond motifs is 1. The molecule has 0 aromatic carbocycles. The Kier molecular flexibility index (Phi) is 1.56. The van der Waals surface area contributed by atoms with Gasteiger partial charge in [-0.25, -0.2) is 0 Å². The summed E-state index contributed by atoms with van der Waals surface area (Å²) in [6.07, 6.45) is 3.67. The molecule has 0 amide bonds. The zero-order valence-corrected chi connectivity index (χ0v) is 7.48. The van der Waals surface area contributed by atoms with E-state index >= 15 is 0 Å². The van der Waals surface area contributed by atoms with Crippen LogP contribution < -0.4 is 0 Å². The lowest BCUT2D eigenvalue weighted by Gasteiger charge is -2.17. The first-order valence-corrected chi connectivity index (χ1v) is 4.38. The second-order valence-electron chi connectivity index (χ2n) is 3.76. The zero-order valence-electron chi connectivity index (χ0n) is 7.48. The van der Waals surface area contributed by atoms with Gasteiger partial charge in [0.15, 0.2) is 5.78 Å². The first-order chi connectivity index (χ1) is 5.68. The Balaban J connectivity index is 2.50. The van der Waals surface area contributed by atoms with Crippen molar-refractivity contribution >= 4 is 5.78 Å². The third kappa shape index (κ3) is 0.986. The lowest BCUT2D eigenvalue weighted by Crippen LogP contribution is -2.17. The van der Waals surface area contributed by atoms with Crippen LogP contribution in [-0.2, 0) is 6.42 Å². The molecule has 12 heavy (non-hydrogen) atoms. The molecule has 1 aliphatic rings. The Morgan fingerprint density at radius 3 is 3.00 bits per heavy atom. The maximum atomic E-state index is 11.6. The number of aryl methyl sites for hydroxylation is 1. The summed E-state index contributed by atoms with van der Waals surface area (Å²) >= 11 is 0. The highest BCUT2D eigenvalue weighted by Crippen LogP contribution is 2.26. The van der Waals surface area contributed by atoms with E-state index in [1.165, 1.54) is 0 Å². The van der Waals surface area contributed by atoms with E-state index in [0.717, 1.165) is 23.2 Å².